The molecule has 136 valence electrons. The van der Waals surface area contributed by atoms with Gasteiger partial charge in [-0.3, -0.25) is 4.79 Å². The Hall–Kier alpha value is -1.66. The number of benzene rings is 2. The first kappa shape index (κ1) is 21.6. The molecule has 2 N–H and O–H groups in total. The SMILES string of the molecule is O=C(CC(Cc1ccccc1)C(=O)[O-])Nc1ccc(C2(CO)CC2)cc1.[Na+]. The van der Waals surface area contributed by atoms with Crippen LogP contribution in [0.15, 0.2) is 54.6 Å². The van der Waals surface area contributed by atoms with Gasteiger partial charge in [0.1, 0.15) is 0 Å². The summed E-state index contributed by atoms with van der Waals surface area (Å²) in [6.07, 6.45) is 2.07. The number of carbonyl (C=O) groups excluding carboxylic acids is 2. The van der Waals surface area contributed by atoms with Crippen molar-refractivity contribution < 1.29 is 49.4 Å². The molecule has 1 amide bonds. The van der Waals surface area contributed by atoms with Gasteiger partial charge in [-0.2, -0.15) is 0 Å². The average molecular weight is 375 g/mol. The third-order valence-electron chi connectivity index (χ3n) is 5.03. The molecule has 5 nitrogen and oxygen atoms in total. The Bertz CT molecular complexity index is 773. The summed E-state index contributed by atoms with van der Waals surface area (Å²) in [6, 6.07) is 16.6. The largest absolute Gasteiger partial charge is 1.00 e. The summed E-state index contributed by atoms with van der Waals surface area (Å²) in [6.45, 7) is 0.130. The summed E-state index contributed by atoms with van der Waals surface area (Å²) in [5.74, 6) is -2.45. The van der Waals surface area contributed by atoms with Crippen molar-refractivity contribution in [3.8, 4) is 0 Å². The molecular weight excluding hydrogens is 353 g/mol. The number of hydrogen-bond donors (Lipinski definition) is 2. The predicted octanol–water partition coefficient (Wildman–Crippen LogP) is -1.35. The van der Waals surface area contributed by atoms with Crippen molar-refractivity contribution in [1.82, 2.24) is 0 Å². The fourth-order valence-electron chi connectivity index (χ4n) is 3.17. The first-order valence-electron chi connectivity index (χ1n) is 8.78. The molecule has 0 radical (unpaired) electrons. The second kappa shape index (κ2) is 9.51. The van der Waals surface area contributed by atoms with E-state index in [1.165, 1.54) is 0 Å². The molecule has 2 aromatic carbocycles. The quantitative estimate of drug-likeness (QED) is 0.559. The molecule has 2 aromatic rings. The smallest absolute Gasteiger partial charge is 0.550 e. The number of carbonyl (C=O) groups is 2. The van der Waals surface area contributed by atoms with Crippen LogP contribution in [0.25, 0.3) is 0 Å². The zero-order valence-electron chi connectivity index (χ0n) is 15.5. The molecule has 0 spiro atoms. The number of amides is 1. The van der Waals surface area contributed by atoms with Gasteiger partial charge in [0.05, 0.1) is 6.61 Å². The van der Waals surface area contributed by atoms with E-state index in [1.807, 2.05) is 42.5 Å². The van der Waals surface area contributed by atoms with Crippen LogP contribution in [0.5, 0.6) is 0 Å². The summed E-state index contributed by atoms with van der Waals surface area (Å²) < 4.78 is 0. The summed E-state index contributed by atoms with van der Waals surface area (Å²) in [7, 11) is 0. The molecule has 27 heavy (non-hydrogen) atoms. The number of carboxylic acid groups (broad SMARTS) is 1. The van der Waals surface area contributed by atoms with Gasteiger partial charge in [-0.15, -0.1) is 0 Å². The molecule has 1 aliphatic carbocycles. The molecule has 0 aromatic heterocycles. The van der Waals surface area contributed by atoms with E-state index in [0.717, 1.165) is 24.0 Å². The maximum atomic E-state index is 12.2. The Morgan fingerprint density at radius 3 is 2.22 bits per heavy atom. The van der Waals surface area contributed by atoms with Gasteiger partial charge in [0.2, 0.25) is 5.91 Å². The van der Waals surface area contributed by atoms with Crippen molar-refractivity contribution in [2.75, 3.05) is 11.9 Å². The topological polar surface area (TPSA) is 89.5 Å². The molecule has 1 atom stereocenters. The predicted molar refractivity (Wildman–Crippen MR) is 96.3 cm³/mol. The number of rotatable bonds is 8. The van der Waals surface area contributed by atoms with Gasteiger partial charge in [0.15, 0.2) is 0 Å². The van der Waals surface area contributed by atoms with E-state index in [2.05, 4.69) is 5.32 Å². The summed E-state index contributed by atoms with van der Waals surface area (Å²) in [5, 5.41) is 23.6. The van der Waals surface area contributed by atoms with Gasteiger partial charge in [0, 0.05) is 29.4 Å². The fraction of sp³-hybridized carbons (Fsp3) is 0.333. The van der Waals surface area contributed by atoms with Crippen LogP contribution in [0.1, 0.15) is 30.4 Å². The van der Waals surface area contributed by atoms with Crippen LogP contribution in [0.2, 0.25) is 0 Å². The average Bonchev–Trinajstić information content (AvgIpc) is 3.44. The van der Waals surface area contributed by atoms with E-state index in [4.69, 9.17) is 0 Å². The minimum Gasteiger partial charge on any atom is -0.550 e. The second-order valence-electron chi connectivity index (χ2n) is 6.97. The van der Waals surface area contributed by atoms with E-state index in [-0.39, 0.29) is 60.3 Å². The van der Waals surface area contributed by atoms with Gasteiger partial charge in [-0.1, -0.05) is 42.5 Å². The van der Waals surface area contributed by atoms with E-state index in [9.17, 15) is 19.8 Å². The van der Waals surface area contributed by atoms with Crippen molar-refractivity contribution in [3.05, 3.63) is 65.7 Å². The van der Waals surface area contributed by atoms with Crippen LogP contribution < -0.4 is 40.0 Å². The molecular formula is C21H22NNaO4. The third kappa shape index (κ3) is 5.66. The summed E-state index contributed by atoms with van der Waals surface area (Å²) in [4.78, 5) is 23.6. The monoisotopic (exact) mass is 375 g/mol. The van der Waals surface area contributed by atoms with Gasteiger partial charge in [-0.05, 0) is 42.5 Å². The van der Waals surface area contributed by atoms with Crippen molar-refractivity contribution in [1.29, 1.82) is 0 Å². The number of hydrogen-bond acceptors (Lipinski definition) is 4. The Balaban J connectivity index is 0.00000261. The van der Waals surface area contributed by atoms with Crippen molar-refractivity contribution in [3.63, 3.8) is 0 Å². The molecule has 1 saturated carbocycles. The molecule has 3 rings (SSSR count). The molecule has 0 aliphatic heterocycles. The number of aliphatic hydroxyl groups excluding tert-OH is 1. The van der Waals surface area contributed by atoms with Crippen molar-refractivity contribution in [2.45, 2.75) is 31.1 Å². The molecule has 1 aliphatic rings. The number of carboxylic acids is 1. The van der Waals surface area contributed by atoms with E-state index in [1.54, 1.807) is 12.1 Å². The standard InChI is InChI=1S/C21H23NO4.Na/c23-14-21(10-11-21)17-6-8-18(9-7-17)22-19(24)13-16(20(25)26)12-15-4-2-1-3-5-15;/h1-9,16,23H,10-14H2,(H,22,24)(H,25,26);/q;+1/p-1. The fourth-order valence-corrected chi connectivity index (χ4v) is 3.17. The number of nitrogens with one attached hydrogen (secondary N) is 1. The number of aliphatic hydroxyl groups is 1. The molecule has 0 saturated heterocycles. The second-order valence-corrected chi connectivity index (χ2v) is 6.97. The van der Waals surface area contributed by atoms with E-state index < -0.39 is 11.9 Å². The zero-order valence-corrected chi connectivity index (χ0v) is 17.5. The molecule has 1 fully saturated rings. The Morgan fingerprint density at radius 1 is 1.07 bits per heavy atom. The van der Waals surface area contributed by atoms with Gasteiger partial charge < -0.3 is 20.3 Å². The first-order chi connectivity index (χ1) is 12.5. The molecule has 1 unspecified atom stereocenters. The van der Waals surface area contributed by atoms with Crippen LogP contribution >= 0.6 is 0 Å². The Kier molecular flexibility index (Phi) is 7.62. The van der Waals surface area contributed by atoms with E-state index >= 15 is 0 Å². The molecule has 6 heteroatoms. The molecule has 0 bridgehead atoms. The minimum atomic E-state index is -1.22. The van der Waals surface area contributed by atoms with E-state index in [0.29, 0.717) is 5.69 Å². The van der Waals surface area contributed by atoms with Crippen LogP contribution in [-0.4, -0.2) is 23.6 Å². The van der Waals surface area contributed by atoms with Gasteiger partial charge in [0.25, 0.3) is 0 Å². The summed E-state index contributed by atoms with van der Waals surface area (Å²) >= 11 is 0. The number of aliphatic carboxylic acids is 1. The zero-order chi connectivity index (χ0) is 18.6. The third-order valence-corrected chi connectivity index (χ3v) is 5.03. The first-order valence-corrected chi connectivity index (χ1v) is 8.78. The van der Waals surface area contributed by atoms with Crippen LogP contribution in [-0.2, 0) is 21.4 Å². The maximum Gasteiger partial charge on any atom is 1.00 e. The van der Waals surface area contributed by atoms with Crippen LogP contribution in [0, 0.1) is 5.92 Å². The minimum absolute atomic E-state index is 0. The Labute approximate surface area is 181 Å². The number of anilines is 1. The maximum absolute atomic E-state index is 12.2. The van der Waals surface area contributed by atoms with Crippen LogP contribution in [0.3, 0.4) is 0 Å². The van der Waals surface area contributed by atoms with Crippen molar-refractivity contribution >= 4 is 17.6 Å². The van der Waals surface area contributed by atoms with Crippen molar-refractivity contribution in [2.24, 2.45) is 5.92 Å². The molecule has 0 heterocycles. The van der Waals surface area contributed by atoms with Gasteiger partial charge >= 0.3 is 29.6 Å². The van der Waals surface area contributed by atoms with Crippen LogP contribution in [0.4, 0.5) is 5.69 Å². The summed E-state index contributed by atoms with van der Waals surface area (Å²) in [5.41, 5.74) is 2.43. The Morgan fingerprint density at radius 2 is 1.70 bits per heavy atom. The normalized spacial score (nSPS) is 15.3. The van der Waals surface area contributed by atoms with Gasteiger partial charge in [-0.25, -0.2) is 0 Å².